The molecule has 0 fully saturated rings. The molecule has 0 aromatic carbocycles. The number of amides is 2. The lowest BCUT2D eigenvalue weighted by atomic mass is 9.96. The van der Waals surface area contributed by atoms with Gasteiger partial charge in [-0.2, -0.15) is 0 Å². The molecule has 91 valence electrons. The Bertz CT molecular complexity index is 428. The molecule has 0 saturated heterocycles. The molecule has 2 amide bonds. The van der Waals surface area contributed by atoms with Gasteiger partial charge < -0.3 is 21.1 Å². The summed E-state index contributed by atoms with van der Waals surface area (Å²) in [5, 5.41) is 11.2. The zero-order chi connectivity index (χ0) is 13.0. The largest absolute Gasteiger partial charge is 0.480 e. The molecule has 5 N–H and O–H groups in total. The zero-order valence-corrected chi connectivity index (χ0v) is 8.93. The summed E-state index contributed by atoms with van der Waals surface area (Å²) < 4.78 is 0. The average molecular weight is 239 g/mol. The molecule has 0 aliphatic carbocycles. The quantitative estimate of drug-likeness (QED) is 0.490. The summed E-state index contributed by atoms with van der Waals surface area (Å²) >= 11 is 0. The van der Waals surface area contributed by atoms with Crippen molar-refractivity contribution in [1.82, 2.24) is 15.3 Å². The Labute approximate surface area is 96.2 Å². The van der Waals surface area contributed by atoms with E-state index in [1.54, 1.807) is 0 Å². The van der Waals surface area contributed by atoms with Gasteiger partial charge >= 0.3 is 5.97 Å². The molecule has 17 heavy (non-hydrogen) atoms. The standard InChI is InChI=1S/C9H11N4O4/c1-4(14)13-7(8(10)15)6(9(16)17)5-2-11-3-12-5/h2-3,7H,1H3,(H2,10,15)(H,11,12)(H,13,14)(H,16,17). The van der Waals surface area contributed by atoms with Crippen LogP contribution in [-0.4, -0.2) is 38.9 Å². The Morgan fingerprint density at radius 3 is 2.53 bits per heavy atom. The number of carboxylic acid groups (broad SMARTS) is 1. The fourth-order valence-electron chi connectivity index (χ4n) is 1.29. The lowest BCUT2D eigenvalue weighted by Crippen LogP contribution is -2.50. The summed E-state index contributed by atoms with van der Waals surface area (Å²) in [7, 11) is 0. The third-order valence-corrected chi connectivity index (χ3v) is 1.94. The Morgan fingerprint density at radius 2 is 2.18 bits per heavy atom. The second-order valence-electron chi connectivity index (χ2n) is 3.22. The van der Waals surface area contributed by atoms with Crippen LogP contribution >= 0.6 is 0 Å². The number of hydrogen-bond donors (Lipinski definition) is 4. The van der Waals surface area contributed by atoms with Gasteiger partial charge in [-0.3, -0.25) is 14.4 Å². The molecule has 1 rings (SSSR count). The third-order valence-electron chi connectivity index (χ3n) is 1.94. The molecular formula is C9H11N4O4. The van der Waals surface area contributed by atoms with Crippen LogP contribution in [0.1, 0.15) is 12.6 Å². The summed E-state index contributed by atoms with van der Waals surface area (Å²) in [5.41, 5.74) is 5.16. The first-order chi connectivity index (χ1) is 7.93. The molecule has 8 heteroatoms. The lowest BCUT2D eigenvalue weighted by Gasteiger charge is -2.19. The van der Waals surface area contributed by atoms with Crippen LogP contribution in [0.3, 0.4) is 0 Å². The van der Waals surface area contributed by atoms with Crippen molar-refractivity contribution in [3.63, 3.8) is 0 Å². The number of nitrogens with one attached hydrogen (secondary N) is 2. The van der Waals surface area contributed by atoms with E-state index in [4.69, 9.17) is 10.8 Å². The molecule has 0 bridgehead atoms. The fraction of sp³-hybridized carbons (Fsp3) is 0.222. The number of imidazole rings is 1. The summed E-state index contributed by atoms with van der Waals surface area (Å²) in [5.74, 6) is -3.25. The molecule has 0 spiro atoms. The molecule has 1 atom stereocenters. The van der Waals surface area contributed by atoms with Gasteiger partial charge in [-0.1, -0.05) is 0 Å². The molecule has 1 aromatic rings. The number of rotatable bonds is 5. The highest BCUT2D eigenvalue weighted by Gasteiger charge is 2.36. The summed E-state index contributed by atoms with van der Waals surface area (Å²) in [4.78, 5) is 39.3. The van der Waals surface area contributed by atoms with Crippen molar-refractivity contribution in [2.24, 2.45) is 5.73 Å². The van der Waals surface area contributed by atoms with Crippen molar-refractivity contribution in [2.45, 2.75) is 13.0 Å². The molecule has 1 unspecified atom stereocenters. The predicted octanol–water partition coefficient (Wildman–Crippen LogP) is -1.59. The van der Waals surface area contributed by atoms with Crippen LogP contribution in [0, 0.1) is 5.92 Å². The van der Waals surface area contributed by atoms with Gasteiger partial charge in [-0.15, -0.1) is 0 Å². The minimum absolute atomic E-state index is 0.107. The van der Waals surface area contributed by atoms with Gasteiger partial charge in [0.05, 0.1) is 12.0 Å². The molecule has 8 nitrogen and oxygen atoms in total. The Balaban J connectivity index is 3.06. The van der Waals surface area contributed by atoms with Crippen LogP contribution in [0.2, 0.25) is 0 Å². The van der Waals surface area contributed by atoms with Crippen molar-refractivity contribution in [3.8, 4) is 0 Å². The van der Waals surface area contributed by atoms with E-state index in [0.717, 1.165) is 6.92 Å². The normalized spacial score (nSPS) is 12.1. The number of aliphatic carboxylic acids is 1. The van der Waals surface area contributed by atoms with Gasteiger partial charge in [0, 0.05) is 13.1 Å². The highest BCUT2D eigenvalue weighted by Crippen LogP contribution is 2.16. The van der Waals surface area contributed by atoms with E-state index in [1.807, 2.05) is 0 Å². The van der Waals surface area contributed by atoms with E-state index in [-0.39, 0.29) is 11.6 Å². The lowest BCUT2D eigenvalue weighted by molar-refractivity contribution is -0.137. The maximum atomic E-state index is 11.2. The van der Waals surface area contributed by atoms with Gasteiger partial charge in [0.25, 0.3) is 0 Å². The first kappa shape index (κ1) is 12.7. The first-order valence-electron chi connectivity index (χ1n) is 4.58. The zero-order valence-electron chi connectivity index (χ0n) is 8.93. The number of carboxylic acids is 1. The highest BCUT2D eigenvalue weighted by atomic mass is 16.4. The van der Waals surface area contributed by atoms with Gasteiger partial charge in [-0.25, -0.2) is 4.98 Å². The summed E-state index contributed by atoms with van der Waals surface area (Å²) in [6, 6.07) is -1.41. The molecular weight excluding hydrogens is 228 g/mol. The third kappa shape index (κ3) is 3.03. The van der Waals surface area contributed by atoms with Crippen LogP contribution in [0.5, 0.6) is 0 Å². The van der Waals surface area contributed by atoms with Crippen molar-refractivity contribution in [2.75, 3.05) is 0 Å². The van der Waals surface area contributed by atoms with Crippen LogP contribution in [0.25, 0.3) is 0 Å². The van der Waals surface area contributed by atoms with E-state index in [2.05, 4.69) is 15.3 Å². The second kappa shape index (κ2) is 5.10. The number of hydrogen-bond acceptors (Lipinski definition) is 4. The van der Waals surface area contributed by atoms with Gasteiger partial charge in [0.2, 0.25) is 11.8 Å². The number of carbonyl (C=O) groups is 3. The second-order valence-corrected chi connectivity index (χ2v) is 3.22. The number of nitrogens with two attached hydrogens (primary N) is 1. The number of aromatic nitrogens is 2. The number of aromatic amines is 1. The number of carbonyl (C=O) groups excluding carboxylic acids is 2. The first-order valence-corrected chi connectivity index (χ1v) is 4.58. The van der Waals surface area contributed by atoms with E-state index < -0.39 is 23.8 Å². The monoisotopic (exact) mass is 239 g/mol. The van der Waals surface area contributed by atoms with Crippen LogP contribution in [-0.2, 0) is 14.4 Å². The van der Waals surface area contributed by atoms with Crippen molar-refractivity contribution < 1.29 is 19.5 Å². The van der Waals surface area contributed by atoms with Crippen molar-refractivity contribution in [1.29, 1.82) is 0 Å². The minimum Gasteiger partial charge on any atom is -0.480 e. The molecule has 1 heterocycles. The van der Waals surface area contributed by atoms with E-state index >= 15 is 0 Å². The van der Waals surface area contributed by atoms with Gasteiger partial charge in [0.15, 0.2) is 5.92 Å². The fourth-order valence-corrected chi connectivity index (χ4v) is 1.29. The maximum Gasteiger partial charge on any atom is 0.320 e. The van der Waals surface area contributed by atoms with Crippen molar-refractivity contribution in [3.05, 3.63) is 24.1 Å². The Hall–Kier alpha value is -2.38. The minimum atomic E-state index is -1.41. The summed E-state index contributed by atoms with van der Waals surface area (Å²) in [6.45, 7) is 1.16. The molecule has 1 aromatic heterocycles. The predicted molar refractivity (Wildman–Crippen MR) is 55.4 cm³/mol. The van der Waals surface area contributed by atoms with Gasteiger partial charge in [-0.05, 0) is 0 Å². The Morgan fingerprint density at radius 1 is 1.53 bits per heavy atom. The number of primary amides is 1. The average Bonchev–Trinajstić information content (AvgIpc) is 2.68. The topological polar surface area (TPSA) is 138 Å². The van der Waals surface area contributed by atoms with E-state index in [9.17, 15) is 14.4 Å². The van der Waals surface area contributed by atoms with Crippen LogP contribution in [0.15, 0.2) is 12.5 Å². The molecule has 0 aliphatic rings. The Kier molecular flexibility index (Phi) is 3.81. The SMILES string of the molecule is CC(=O)NC([C](C(=O)O)c1cnc[nH]1)C(N)=O. The smallest absolute Gasteiger partial charge is 0.320 e. The van der Waals surface area contributed by atoms with Crippen LogP contribution < -0.4 is 11.1 Å². The maximum absolute atomic E-state index is 11.2. The molecule has 1 radical (unpaired) electrons. The number of H-pyrrole nitrogens is 1. The van der Waals surface area contributed by atoms with Gasteiger partial charge in [0.1, 0.15) is 6.04 Å². The summed E-state index contributed by atoms with van der Waals surface area (Å²) in [6.07, 6.45) is 2.48. The highest BCUT2D eigenvalue weighted by molar-refractivity contribution is 5.99. The molecule has 0 aliphatic heterocycles. The van der Waals surface area contributed by atoms with E-state index in [0.29, 0.717) is 0 Å². The van der Waals surface area contributed by atoms with Crippen LogP contribution in [0.4, 0.5) is 0 Å². The van der Waals surface area contributed by atoms with E-state index in [1.165, 1.54) is 12.5 Å². The number of nitrogens with zero attached hydrogens (tertiary/aromatic N) is 1. The molecule has 0 saturated carbocycles. The van der Waals surface area contributed by atoms with Crippen molar-refractivity contribution >= 4 is 17.8 Å².